The van der Waals surface area contributed by atoms with Crippen molar-refractivity contribution >= 4 is 50.4 Å². The molecule has 0 amide bonds. The molecule has 0 unspecified atom stereocenters. The van der Waals surface area contributed by atoms with E-state index in [9.17, 15) is 4.79 Å². The molecule has 1 nitrogen and oxygen atoms in total. The summed E-state index contributed by atoms with van der Waals surface area (Å²) in [5.41, 5.74) is 1.63. The van der Waals surface area contributed by atoms with E-state index in [1.54, 1.807) is 0 Å². The van der Waals surface area contributed by atoms with Gasteiger partial charge < -0.3 is 0 Å². The minimum absolute atomic E-state index is 0.691. The zero-order chi connectivity index (χ0) is 8.97. The monoisotopic (exact) mass is 336 g/mol. The molecular formula is C9H6BrIO. The molecule has 0 saturated carbocycles. The molecule has 12 heavy (non-hydrogen) atoms. The fraction of sp³-hybridized carbons (Fsp3) is 0. The van der Waals surface area contributed by atoms with Gasteiger partial charge in [0.15, 0.2) is 6.29 Å². The fourth-order valence-electron chi connectivity index (χ4n) is 0.839. The Labute approximate surface area is 93.1 Å². The van der Waals surface area contributed by atoms with E-state index in [1.807, 2.05) is 30.3 Å². The molecule has 0 aliphatic rings. The van der Waals surface area contributed by atoms with E-state index in [-0.39, 0.29) is 0 Å². The van der Waals surface area contributed by atoms with Gasteiger partial charge in [0.2, 0.25) is 0 Å². The van der Waals surface area contributed by atoms with Crippen LogP contribution in [-0.2, 0) is 4.79 Å². The zero-order valence-corrected chi connectivity index (χ0v) is 9.87. The number of allylic oxidation sites excluding steroid dienone is 1. The van der Waals surface area contributed by atoms with Gasteiger partial charge in [-0.2, -0.15) is 0 Å². The largest absolute Gasteiger partial charge is 0.298 e. The molecule has 3 heteroatoms. The first kappa shape index (κ1) is 9.92. The molecule has 0 atom stereocenters. The van der Waals surface area contributed by atoms with E-state index < -0.39 is 0 Å². The van der Waals surface area contributed by atoms with Crippen molar-refractivity contribution in [3.05, 3.63) is 38.4 Å². The Morgan fingerprint density at radius 1 is 1.33 bits per heavy atom. The van der Waals surface area contributed by atoms with E-state index in [0.717, 1.165) is 14.3 Å². The number of hydrogen-bond acceptors (Lipinski definition) is 1. The van der Waals surface area contributed by atoms with Crippen molar-refractivity contribution in [3.8, 4) is 0 Å². The molecule has 0 bridgehead atoms. The van der Waals surface area contributed by atoms with Gasteiger partial charge in [0.1, 0.15) is 0 Å². The van der Waals surface area contributed by atoms with Gasteiger partial charge in [-0.15, -0.1) is 0 Å². The van der Waals surface area contributed by atoms with Crippen LogP contribution in [0.2, 0.25) is 0 Å². The fourth-order valence-corrected chi connectivity index (χ4v) is 1.60. The van der Waals surface area contributed by atoms with Gasteiger partial charge in [-0.3, -0.25) is 4.79 Å². The summed E-state index contributed by atoms with van der Waals surface area (Å²) < 4.78 is 0.835. The van der Waals surface area contributed by atoms with Crippen molar-refractivity contribution < 1.29 is 4.79 Å². The molecule has 0 aliphatic carbocycles. The van der Waals surface area contributed by atoms with Crippen molar-refractivity contribution in [2.75, 3.05) is 0 Å². The van der Waals surface area contributed by atoms with Crippen LogP contribution in [0.15, 0.2) is 32.8 Å². The SMILES string of the molecule is O=C/C(=C(/Br)I)c1ccccc1. The lowest BCUT2D eigenvalue weighted by Crippen LogP contribution is -1.84. The molecular weight excluding hydrogens is 331 g/mol. The smallest absolute Gasteiger partial charge is 0.152 e. The maximum atomic E-state index is 10.7. The summed E-state index contributed by atoms with van der Waals surface area (Å²) in [5.74, 6) is 0. The lowest BCUT2D eigenvalue weighted by molar-refractivity contribution is -0.103. The zero-order valence-electron chi connectivity index (χ0n) is 6.13. The molecule has 1 aromatic rings. The highest BCUT2D eigenvalue weighted by Crippen LogP contribution is 2.25. The summed E-state index contributed by atoms with van der Waals surface area (Å²) in [6.45, 7) is 0. The Bertz CT molecular complexity index is 302. The van der Waals surface area contributed by atoms with Gasteiger partial charge in [0, 0.05) is 5.57 Å². The first-order valence-corrected chi connectivity index (χ1v) is 5.18. The van der Waals surface area contributed by atoms with Gasteiger partial charge >= 0.3 is 0 Å². The lowest BCUT2D eigenvalue weighted by atomic mass is 10.1. The molecule has 0 saturated heterocycles. The van der Waals surface area contributed by atoms with Crippen LogP contribution in [0.25, 0.3) is 5.57 Å². The second-order valence-electron chi connectivity index (χ2n) is 2.16. The van der Waals surface area contributed by atoms with Crippen LogP contribution < -0.4 is 0 Å². The molecule has 1 aromatic carbocycles. The van der Waals surface area contributed by atoms with Crippen LogP contribution in [0.3, 0.4) is 0 Å². The highest BCUT2D eigenvalue weighted by Gasteiger charge is 2.02. The third-order valence-corrected chi connectivity index (χ3v) is 2.41. The Kier molecular flexibility index (Phi) is 3.94. The topological polar surface area (TPSA) is 17.1 Å². The quantitative estimate of drug-likeness (QED) is 0.459. The number of halogens is 2. The molecule has 0 radical (unpaired) electrons. The minimum atomic E-state index is 0.691. The lowest BCUT2D eigenvalue weighted by Gasteiger charge is -1.98. The number of rotatable bonds is 2. The highest BCUT2D eigenvalue weighted by atomic mass is 127. The predicted molar refractivity (Wildman–Crippen MR) is 62.4 cm³/mol. The summed E-state index contributed by atoms with van der Waals surface area (Å²) in [4.78, 5) is 10.7. The Morgan fingerprint density at radius 3 is 2.33 bits per heavy atom. The summed E-state index contributed by atoms with van der Waals surface area (Å²) in [5, 5.41) is 0. The van der Waals surface area contributed by atoms with Crippen molar-refractivity contribution in [3.63, 3.8) is 0 Å². The van der Waals surface area contributed by atoms with Crippen molar-refractivity contribution in [2.24, 2.45) is 0 Å². The standard InChI is InChI=1S/C9H6BrIO/c10-9(11)8(6-12)7-4-2-1-3-5-7/h1-6H/b9-8+. The van der Waals surface area contributed by atoms with E-state index in [4.69, 9.17) is 0 Å². The third-order valence-electron chi connectivity index (χ3n) is 1.41. The Morgan fingerprint density at radius 2 is 1.92 bits per heavy atom. The van der Waals surface area contributed by atoms with Crippen molar-refractivity contribution in [2.45, 2.75) is 0 Å². The van der Waals surface area contributed by atoms with Crippen LogP contribution in [-0.4, -0.2) is 6.29 Å². The number of benzene rings is 1. The van der Waals surface area contributed by atoms with Crippen LogP contribution >= 0.6 is 38.5 Å². The second kappa shape index (κ2) is 4.77. The van der Waals surface area contributed by atoms with E-state index in [1.165, 1.54) is 0 Å². The first-order valence-electron chi connectivity index (χ1n) is 3.31. The molecule has 1 rings (SSSR count). The van der Waals surface area contributed by atoms with Crippen LogP contribution in [0.1, 0.15) is 5.56 Å². The van der Waals surface area contributed by atoms with E-state index in [2.05, 4.69) is 38.5 Å². The number of aldehydes is 1. The van der Waals surface area contributed by atoms with Gasteiger partial charge in [0.25, 0.3) is 0 Å². The summed E-state index contributed by atoms with van der Waals surface area (Å²) in [7, 11) is 0. The van der Waals surface area contributed by atoms with Crippen molar-refractivity contribution in [1.29, 1.82) is 0 Å². The van der Waals surface area contributed by atoms with Gasteiger partial charge in [0.05, 0.1) is 2.49 Å². The van der Waals surface area contributed by atoms with Crippen LogP contribution in [0.5, 0.6) is 0 Å². The maximum Gasteiger partial charge on any atom is 0.152 e. The van der Waals surface area contributed by atoms with Crippen LogP contribution in [0.4, 0.5) is 0 Å². The average molecular weight is 337 g/mol. The van der Waals surface area contributed by atoms with E-state index >= 15 is 0 Å². The average Bonchev–Trinajstić information content (AvgIpc) is 2.07. The molecule has 0 N–H and O–H groups in total. The van der Waals surface area contributed by atoms with E-state index in [0.29, 0.717) is 5.57 Å². The minimum Gasteiger partial charge on any atom is -0.298 e. The summed E-state index contributed by atoms with van der Waals surface area (Å²) in [6, 6.07) is 9.55. The molecule has 0 spiro atoms. The number of carbonyl (C=O) groups excluding carboxylic acids is 1. The third kappa shape index (κ3) is 2.42. The second-order valence-corrected chi connectivity index (χ2v) is 5.51. The summed E-state index contributed by atoms with van der Waals surface area (Å²) in [6.07, 6.45) is 0.853. The van der Waals surface area contributed by atoms with Gasteiger partial charge in [-0.1, -0.05) is 30.3 Å². The van der Waals surface area contributed by atoms with Gasteiger partial charge in [-0.05, 0) is 44.1 Å². The molecule has 0 aliphatic heterocycles. The maximum absolute atomic E-state index is 10.7. The Hall–Kier alpha value is -0.160. The molecule has 0 heterocycles. The number of carbonyl (C=O) groups is 1. The summed E-state index contributed by atoms with van der Waals surface area (Å²) >= 11 is 5.35. The molecule has 62 valence electrons. The molecule has 0 aromatic heterocycles. The first-order chi connectivity index (χ1) is 5.75. The van der Waals surface area contributed by atoms with Gasteiger partial charge in [-0.25, -0.2) is 0 Å². The Balaban J connectivity index is 3.14. The normalized spacial score (nSPS) is 12.2. The predicted octanol–water partition coefficient (Wildman–Crippen LogP) is 3.38. The highest BCUT2D eigenvalue weighted by molar-refractivity contribution is 14.1. The van der Waals surface area contributed by atoms with Crippen LogP contribution in [0, 0.1) is 0 Å². The van der Waals surface area contributed by atoms with Crippen molar-refractivity contribution in [1.82, 2.24) is 0 Å². The number of hydrogen-bond donors (Lipinski definition) is 0. The molecule has 0 fully saturated rings.